The number of rotatable bonds is 4. The molecule has 0 spiro atoms. The van der Waals surface area contributed by atoms with E-state index in [9.17, 15) is 13.2 Å². The number of sulfonamides is 1. The topological polar surface area (TPSA) is 84.3 Å². The Morgan fingerprint density at radius 1 is 1.14 bits per heavy atom. The van der Waals surface area contributed by atoms with Gasteiger partial charge in [0, 0.05) is 37.4 Å². The summed E-state index contributed by atoms with van der Waals surface area (Å²) in [5.41, 5.74) is 2.17. The number of amides is 1. The highest BCUT2D eigenvalue weighted by molar-refractivity contribution is 7.89. The van der Waals surface area contributed by atoms with Crippen LogP contribution in [0.2, 0.25) is 0 Å². The maximum atomic E-state index is 12.7. The molecule has 1 N–H and O–H groups in total. The van der Waals surface area contributed by atoms with Gasteiger partial charge in [-0.3, -0.25) is 10.1 Å². The van der Waals surface area contributed by atoms with Crippen LogP contribution in [-0.2, 0) is 17.1 Å². The Bertz CT molecular complexity index is 1370. The first-order valence-corrected chi connectivity index (χ1v) is 11.4. The fourth-order valence-corrected chi connectivity index (χ4v) is 5.89. The van der Waals surface area contributed by atoms with Crippen LogP contribution in [-0.4, -0.2) is 41.3 Å². The second-order valence-corrected chi connectivity index (χ2v) is 10.0. The fraction of sp³-hybridized carbons (Fsp3) is 0.200. The van der Waals surface area contributed by atoms with Gasteiger partial charge in [-0.05, 0) is 48.2 Å². The normalized spacial score (nSPS) is 14.9. The van der Waals surface area contributed by atoms with E-state index < -0.39 is 10.0 Å². The zero-order valence-corrected chi connectivity index (χ0v) is 17.3. The molecule has 0 saturated carbocycles. The van der Waals surface area contributed by atoms with E-state index in [0.29, 0.717) is 29.3 Å². The smallest absolute Gasteiger partial charge is 0.257 e. The summed E-state index contributed by atoms with van der Waals surface area (Å²) >= 11 is 1.27. The third-order valence-corrected chi connectivity index (χ3v) is 8.01. The number of anilines is 1. The number of hydrogen-bond acceptors (Lipinski definition) is 5. The van der Waals surface area contributed by atoms with Gasteiger partial charge in [0.15, 0.2) is 5.13 Å². The zero-order valence-electron chi connectivity index (χ0n) is 15.6. The van der Waals surface area contributed by atoms with Gasteiger partial charge in [0.1, 0.15) is 0 Å². The molecule has 0 bridgehead atoms. The Hall–Kier alpha value is -2.75. The van der Waals surface area contributed by atoms with E-state index in [-0.39, 0.29) is 10.8 Å². The lowest BCUT2D eigenvalue weighted by Crippen LogP contribution is -2.41. The Labute approximate surface area is 171 Å². The molecule has 3 heterocycles. The van der Waals surface area contributed by atoms with Crippen molar-refractivity contribution in [1.82, 2.24) is 13.9 Å². The molecule has 0 unspecified atom stereocenters. The van der Waals surface area contributed by atoms with Crippen LogP contribution in [0.5, 0.6) is 0 Å². The summed E-state index contributed by atoms with van der Waals surface area (Å²) in [6.45, 7) is 1.13. The second-order valence-electron chi connectivity index (χ2n) is 7.06. The zero-order chi connectivity index (χ0) is 20.2. The summed E-state index contributed by atoms with van der Waals surface area (Å²) in [5.74, 6) is -0.249. The van der Waals surface area contributed by atoms with E-state index in [0.717, 1.165) is 22.0 Å². The number of carbonyl (C=O) groups excluding carboxylic acids is 1. The Morgan fingerprint density at radius 2 is 1.97 bits per heavy atom. The van der Waals surface area contributed by atoms with Crippen molar-refractivity contribution >= 4 is 53.5 Å². The molecule has 2 aromatic heterocycles. The minimum atomic E-state index is -3.45. The van der Waals surface area contributed by atoms with Gasteiger partial charge in [-0.2, -0.15) is 4.31 Å². The second kappa shape index (κ2) is 6.65. The van der Waals surface area contributed by atoms with E-state index in [1.807, 2.05) is 36.0 Å². The van der Waals surface area contributed by atoms with Crippen molar-refractivity contribution in [3.05, 3.63) is 54.2 Å². The van der Waals surface area contributed by atoms with Crippen molar-refractivity contribution in [3.8, 4) is 0 Å². The number of nitrogens with one attached hydrogen (secondary N) is 1. The molecule has 1 amide bonds. The number of thiazole rings is 1. The summed E-state index contributed by atoms with van der Waals surface area (Å²) in [4.78, 5) is 17.4. The molecule has 148 valence electrons. The van der Waals surface area contributed by atoms with Crippen molar-refractivity contribution < 1.29 is 13.2 Å². The van der Waals surface area contributed by atoms with Crippen molar-refractivity contribution in [2.24, 2.45) is 7.05 Å². The fourth-order valence-electron chi connectivity index (χ4n) is 3.37. The van der Waals surface area contributed by atoms with Gasteiger partial charge in [-0.15, -0.1) is 0 Å². The molecule has 1 fully saturated rings. The molecule has 4 aromatic rings. The first kappa shape index (κ1) is 18.3. The largest absolute Gasteiger partial charge is 0.351 e. The first-order valence-electron chi connectivity index (χ1n) is 9.19. The van der Waals surface area contributed by atoms with Crippen LogP contribution in [0, 0.1) is 0 Å². The third kappa shape index (κ3) is 3.11. The molecule has 29 heavy (non-hydrogen) atoms. The molecule has 9 heteroatoms. The first-order chi connectivity index (χ1) is 13.9. The van der Waals surface area contributed by atoms with Crippen LogP contribution in [0.1, 0.15) is 16.8 Å². The number of aryl methyl sites for hydroxylation is 1. The monoisotopic (exact) mass is 426 g/mol. The quantitative estimate of drug-likeness (QED) is 0.542. The highest BCUT2D eigenvalue weighted by Gasteiger charge is 2.29. The Balaban J connectivity index is 1.42. The van der Waals surface area contributed by atoms with E-state index in [2.05, 4.69) is 10.3 Å². The average molecular weight is 427 g/mol. The minimum Gasteiger partial charge on any atom is -0.351 e. The predicted octanol–water partition coefficient (Wildman–Crippen LogP) is 3.43. The average Bonchev–Trinajstić information content (AvgIpc) is 3.21. The molecular formula is C20H18N4O3S2. The van der Waals surface area contributed by atoms with E-state index in [1.54, 1.807) is 24.3 Å². The van der Waals surface area contributed by atoms with Gasteiger partial charge in [0.05, 0.1) is 15.1 Å². The predicted molar refractivity (Wildman–Crippen MR) is 114 cm³/mol. The number of nitrogens with zero attached hydrogens (tertiary/aromatic N) is 3. The lowest BCUT2D eigenvalue weighted by molar-refractivity contribution is 0.102. The maximum absolute atomic E-state index is 12.7. The molecule has 0 aliphatic carbocycles. The van der Waals surface area contributed by atoms with Crippen molar-refractivity contribution in [2.45, 2.75) is 11.3 Å². The Morgan fingerprint density at radius 3 is 2.72 bits per heavy atom. The van der Waals surface area contributed by atoms with Crippen LogP contribution in [0.3, 0.4) is 0 Å². The van der Waals surface area contributed by atoms with Crippen molar-refractivity contribution in [3.63, 3.8) is 0 Å². The van der Waals surface area contributed by atoms with Crippen LogP contribution < -0.4 is 5.32 Å². The minimum absolute atomic E-state index is 0.249. The lowest BCUT2D eigenvalue weighted by atomic mass is 10.1. The summed E-state index contributed by atoms with van der Waals surface area (Å²) in [5, 5.41) is 4.34. The van der Waals surface area contributed by atoms with Gasteiger partial charge in [-0.1, -0.05) is 17.4 Å². The number of hydrogen-bond donors (Lipinski definition) is 1. The number of fused-ring (bicyclic) bond motifs is 2. The number of benzene rings is 2. The molecule has 1 saturated heterocycles. The molecule has 5 rings (SSSR count). The molecule has 0 atom stereocenters. The van der Waals surface area contributed by atoms with E-state index in [1.165, 1.54) is 15.6 Å². The van der Waals surface area contributed by atoms with Crippen LogP contribution >= 0.6 is 11.3 Å². The SMILES string of the molecule is Cn1ccc2ccc(C(=O)Nc3nc4ccc(S(=O)(=O)N5CCC5)cc4s3)cc21. The lowest BCUT2D eigenvalue weighted by Gasteiger charge is -2.29. The standard InChI is InChI=1S/C20H18N4O3S2/c1-23-10-7-13-3-4-14(11-17(13)23)19(25)22-20-21-16-6-5-15(12-18(16)28-20)29(26,27)24-8-2-9-24/h3-7,10-12H,2,8-9H2,1H3,(H,21,22,25). The van der Waals surface area contributed by atoms with E-state index in [4.69, 9.17) is 0 Å². The maximum Gasteiger partial charge on any atom is 0.257 e. The number of carbonyl (C=O) groups is 1. The van der Waals surface area contributed by atoms with Crippen LogP contribution in [0.4, 0.5) is 5.13 Å². The van der Waals surface area contributed by atoms with Crippen molar-refractivity contribution in [2.75, 3.05) is 18.4 Å². The van der Waals surface area contributed by atoms with Gasteiger partial charge in [-0.25, -0.2) is 13.4 Å². The highest BCUT2D eigenvalue weighted by atomic mass is 32.2. The van der Waals surface area contributed by atoms with Gasteiger partial charge in [0.25, 0.3) is 5.91 Å². The van der Waals surface area contributed by atoms with Gasteiger partial charge < -0.3 is 4.57 Å². The highest BCUT2D eigenvalue weighted by Crippen LogP contribution is 2.30. The molecule has 1 aliphatic rings. The summed E-state index contributed by atoms with van der Waals surface area (Å²) in [7, 11) is -1.51. The Kier molecular flexibility index (Phi) is 4.19. The van der Waals surface area contributed by atoms with Gasteiger partial charge >= 0.3 is 0 Å². The third-order valence-electron chi connectivity index (χ3n) is 5.18. The van der Waals surface area contributed by atoms with Crippen LogP contribution in [0.25, 0.3) is 21.1 Å². The van der Waals surface area contributed by atoms with Gasteiger partial charge in [0.2, 0.25) is 10.0 Å². The van der Waals surface area contributed by atoms with E-state index >= 15 is 0 Å². The van der Waals surface area contributed by atoms with Crippen LogP contribution in [0.15, 0.2) is 53.6 Å². The molecule has 2 aromatic carbocycles. The molecular weight excluding hydrogens is 408 g/mol. The molecule has 0 radical (unpaired) electrons. The molecule has 7 nitrogen and oxygen atoms in total. The molecule has 1 aliphatic heterocycles. The summed E-state index contributed by atoms with van der Waals surface area (Å²) in [6, 6.07) is 12.4. The summed E-state index contributed by atoms with van der Waals surface area (Å²) in [6.07, 6.45) is 2.85. The van der Waals surface area contributed by atoms with Crippen molar-refractivity contribution in [1.29, 1.82) is 0 Å². The summed E-state index contributed by atoms with van der Waals surface area (Å²) < 4.78 is 29.3. The number of aromatic nitrogens is 2.